The van der Waals surface area contributed by atoms with Crippen LogP contribution in [0.5, 0.6) is 0 Å². The smallest absolute Gasteiger partial charge is 0.268 e. The van der Waals surface area contributed by atoms with E-state index in [0.717, 1.165) is 24.3 Å². The van der Waals surface area contributed by atoms with Crippen LogP contribution in [0.2, 0.25) is 0 Å². The monoisotopic (exact) mass is 400 g/mol. The normalized spacial score (nSPS) is 16.4. The average Bonchev–Trinajstić information content (AvgIpc) is 3.44. The summed E-state index contributed by atoms with van der Waals surface area (Å²) >= 11 is 1.50. The van der Waals surface area contributed by atoms with Crippen molar-refractivity contribution in [1.82, 2.24) is 20.3 Å². The van der Waals surface area contributed by atoms with Crippen LogP contribution in [-0.4, -0.2) is 40.1 Å². The molecule has 4 rings (SSSR count). The first-order chi connectivity index (χ1) is 13.6. The molecule has 0 bridgehead atoms. The minimum atomic E-state index is -0.378. The van der Waals surface area contributed by atoms with E-state index in [1.54, 1.807) is 6.07 Å². The molecule has 9 heteroatoms. The number of ether oxygens (including phenoxy) is 1. The van der Waals surface area contributed by atoms with Gasteiger partial charge in [-0.1, -0.05) is 11.2 Å². The zero-order valence-corrected chi connectivity index (χ0v) is 16.2. The Bertz CT molecular complexity index is 1020. The number of carbonyl (C=O) groups is 1. The van der Waals surface area contributed by atoms with Crippen molar-refractivity contribution in [2.24, 2.45) is 0 Å². The van der Waals surface area contributed by atoms with Crippen LogP contribution in [0.25, 0.3) is 21.9 Å². The van der Waals surface area contributed by atoms with E-state index in [9.17, 15) is 9.59 Å². The molecule has 1 amide bonds. The van der Waals surface area contributed by atoms with Crippen molar-refractivity contribution in [2.75, 3.05) is 13.2 Å². The van der Waals surface area contributed by atoms with Crippen molar-refractivity contribution in [1.29, 1.82) is 0 Å². The largest absolute Gasteiger partial charge is 0.376 e. The molecule has 3 aromatic rings. The highest BCUT2D eigenvalue weighted by molar-refractivity contribution is 7.13. The number of nitrogens with zero attached hydrogens (tertiary/aromatic N) is 3. The number of thiophene rings is 1. The first-order valence-corrected chi connectivity index (χ1v) is 9.96. The molecule has 0 saturated carbocycles. The third-order valence-electron chi connectivity index (χ3n) is 4.49. The second kappa shape index (κ2) is 8.07. The summed E-state index contributed by atoms with van der Waals surface area (Å²) in [6, 6.07) is 7.01. The number of carbonyl (C=O) groups excluding carboxylic acids is 1. The molecule has 0 aromatic carbocycles. The summed E-state index contributed by atoms with van der Waals surface area (Å²) in [6.45, 7) is 2.83. The van der Waals surface area contributed by atoms with Crippen LogP contribution in [0.3, 0.4) is 0 Å². The molecule has 1 aliphatic rings. The number of aryl methyl sites for hydroxylation is 1. The Kier molecular flexibility index (Phi) is 5.36. The minimum absolute atomic E-state index is 0.0485. The second-order valence-corrected chi connectivity index (χ2v) is 7.60. The van der Waals surface area contributed by atoms with Crippen molar-refractivity contribution in [3.63, 3.8) is 0 Å². The Labute approximate surface area is 165 Å². The van der Waals surface area contributed by atoms with Gasteiger partial charge in [-0.05, 0) is 31.2 Å². The third kappa shape index (κ3) is 4.05. The molecular formula is C19H20N4O4S. The summed E-state index contributed by atoms with van der Waals surface area (Å²) in [5.74, 6) is 0.200. The van der Waals surface area contributed by atoms with Crippen LogP contribution >= 0.6 is 11.3 Å². The van der Waals surface area contributed by atoms with Crippen molar-refractivity contribution < 1.29 is 14.1 Å². The molecular weight excluding hydrogens is 380 g/mol. The van der Waals surface area contributed by atoms with E-state index < -0.39 is 0 Å². The number of amides is 1. The van der Waals surface area contributed by atoms with Gasteiger partial charge < -0.3 is 14.6 Å². The number of aromatic nitrogens is 3. The fourth-order valence-electron chi connectivity index (χ4n) is 3.10. The van der Waals surface area contributed by atoms with Gasteiger partial charge in [-0.3, -0.25) is 9.59 Å². The predicted molar refractivity (Wildman–Crippen MR) is 104 cm³/mol. The van der Waals surface area contributed by atoms with Crippen LogP contribution < -0.4 is 10.9 Å². The molecule has 0 aliphatic carbocycles. The molecule has 4 heterocycles. The maximum atomic E-state index is 12.6. The Morgan fingerprint density at radius 1 is 1.43 bits per heavy atom. The van der Waals surface area contributed by atoms with Gasteiger partial charge in [0.2, 0.25) is 5.91 Å². The van der Waals surface area contributed by atoms with E-state index in [1.165, 1.54) is 22.1 Å². The Balaban J connectivity index is 1.60. The lowest BCUT2D eigenvalue weighted by Gasteiger charge is -2.12. The lowest BCUT2D eigenvalue weighted by molar-refractivity contribution is -0.122. The first kappa shape index (κ1) is 18.6. The molecule has 0 unspecified atom stereocenters. The van der Waals surface area contributed by atoms with Crippen LogP contribution in [-0.2, 0) is 16.1 Å². The Morgan fingerprint density at radius 3 is 3.00 bits per heavy atom. The van der Waals surface area contributed by atoms with E-state index in [0.29, 0.717) is 29.3 Å². The fourth-order valence-corrected chi connectivity index (χ4v) is 3.83. The molecule has 0 radical (unpaired) electrons. The van der Waals surface area contributed by atoms with Crippen LogP contribution in [0.4, 0.5) is 0 Å². The summed E-state index contributed by atoms with van der Waals surface area (Å²) in [4.78, 5) is 25.7. The van der Waals surface area contributed by atoms with Crippen LogP contribution in [0.15, 0.2) is 39.0 Å². The molecule has 1 saturated heterocycles. The summed E-state index contributed by atoms with van der Waals surface area (Å²) in [5, 5.41) is 13.1. The summed E-state index contributed by atoms with van der Waals surface area (Å²) < 4.78 is 12.0. The van der Waals surface area contributed by atoms with Gasteiger partial charge in [0.25, 0.3) is 5.56 Å². The predicted octanol–water partition coefficient (Wildman–Crippen LogP) is 2.23. The maximum Gasteiger partial charge on any atom is 0.268 e. The zero-order valence-electron chi connectivity index (χ0n) is 15.4. The van der Waals surface area contributed by atoms with Gasteiger partial charge in [-0.15, -0.1) is 11.3 Å². The molecule has 8 nitrogen and oxygen atoms in total. The molecule has 1 atom stereocenters. The number of nitrogens with one attached hydrogen (secondary N) is 1. The highest BCUT2D eigenvalue weighted by Crippen LogP contribution is 2.32. The van der Waals surface area contributed by atoms with Crippen molar-refractivity contribution in [3.8, 4) is 21.9 Å². The van der Waals surface area contributed by atoms with Crippen LogP contribution in [0.1, 0.15) is 18.5 Å². The molecule has 0 spiro atoms. The van der Waals surface area contributed by atoms with Gasteiger partial charge in [-0.25, -0.2) is 4.68 Å². The Morgan fingerprint density at radius 2 is 2.32 bits per heavy atom. The average molecular weight is 400 g/mol. The number of hydrogen-bond acceptors (Lipinski definition) is 7. The third-order valence-corrected chi connectivity index (χ3v) is 5.37. The number of hydrogen-bond donors (Lipinski definition) is 1. The molecule has 3 aromatic heterocycles. The SMILES string of the molecule is Cc1cc(-c2cc(=O)n(CC(=O)NC[C@@H]3CCCO3)nc2-c2cccs2)on1. The molecule has 1 N–H and O–H groups in total. The lowest BCUT2D eigenvalue weighted by atomic mass is 10.1. The van der Waals surface area contributed by atoms with Gasteiger partial charge in [0, 0.05) is 25.3 Å². The highest BCUT2D eigenvalue weighted by atomic mass is 32.1. The van der Waals surface area contributed by atoms with E-state index in [1.807, 2.05) is 24.4 Å². The lowest BCUT2D eigenvalue weighted by Crippen LogP contribution is -2.37. The van der Waals surface area contributed by atoms with E-state index in [-0.39, 0.29) is 24.1 Å². The minimum Gasteiger partial charge on any atom is -0.376 e. The zero-order chi connectivity index (χ0) is 19.5. The first-order valence-electron chi connectivity index (χ1n) is 9.08. The summed E-state index contributed by atoms with van der Waals surface area (Å²) in [5.41, 5.74) is 1.48. The van der Waals surface area contributed by atoms with E-state index in [4.69, 9.17) is 9.26 Å². The van der Waals surface area contributed by atoms with Crippen molar-refractivity contribution >= 4 is 17.2 Å². The molecule has 1 aliphatic heterocycles. The van der Waals surface area contributed by atoms with Gasteiger partial charge in [0.1, 0.15) is 12.2 Å². The van der Waals surface area contributed by atoms with E-state index in [2.05, 4.69) is 15.6 Å². The Hall–Kier alpha value is -2.78. The van der Waals surface area contributed by atoms with E-state index >= 15 is 0 Å². The summed E-state index contributed by atoms with van der Waals surface area (Å²) in [6.07, 6.45) is 1.99. The molecule has 28 heavy (non-hydrogen) atoms. The number of rotatable bonds is 6. The van der Waals surface area contributed by atoms with Crippen molar-refractivity contribution in [2.45, 2.75) is 32.4 Å². The quantitative estimate of drug-likeness (QED) is 0.681. The van der Waals surface area contributed by atoms with Gasteiger partial charge >= 0.3 is 0 Å². The summed E-state index contributed by atoms with van der Waals surface area (Å²) in [7, 11) is 0. The van der Waals surface area contributed by atoms with Crippen molar-refractivity contribution in [3.05, 3.63) is 45.7 Å². The molecule has 1 fully saturated rings. The van der Waals surface area contributed by atoms with Crippen LogP contribution in [0, 0.1) is 6.92 Å². The topological polar surface area (TPSA) is 99.2 Å². The van der Waals surface area contributed by atoms with Gasteiger partial charge in [-0.2, -0.15) is 5.10 Å². The van der Waals surface area contributed by atoms with Gasteiger partial charge in [0.15, 0.2) is 5.76 Å². The highest BCUT2D eigenvalue weighted by Gasteiger charge is 2.19. The second-order valence-electron chi connectivity index (χ2n) is 6.65. The fraction of sp³-hybridized carbons (Fsp3) is 0.368. The standard InChI is InChI=1S/C19H20N4O4S/c1-12-8-15(27-22-12)14-9-18(25)23(21-19(14)16-5-3-7-28-16)11-17(24)20-10-13-4-2-6-26-13/h3,5,7-9,13H,2,4,6,10-11H2,1H3,(H,20,24)/t13-/m0/s1. The maximum absolute atomic E-state index is 12.6. The molecule has 146 valence electrons. The van der Waals surface area contributed by atoms with Gasteiger partial charge in [0.05, 0.1) is 22.2 Å².